The lowest BCUT2D eigenvalue weighted by atomic mass is 10.0. The van der Waals surface area contributed by atoms with Gasteiger partial charge in [-0.25, -0.2) is 4.57 Å². The Morgan fingerprint density at radius 3 is 1.79 bits per heavy atom. The zero-order valence-corrected chi connectivity index (χ0v) is 22.8. The van der Waals surface area contributed by atoms with Crippen molar-refractivity contribution in [3.8, 4) is 0 Å². The fourth-order valence-corrected chi connectivity index (χ4v) is 3.59. The van der Waals surface area contributed by atoms with Gasteiger partial charge in [0.15, 0.2) is 0 Å². The highest BCUT2D eigenvalue weighted by atomic mass is 31.2. The molecule has 0 saturated carbocycles. The van der Waals surface area contributed by atoms with Crippen molar-refractivity contribution in [1.82, 2.24) is 0 Å². The number of nitrogens with two attached hydrogens (primary N) is 2. The molecule has 0 aromatic rings. The molecule has 9 heteroatoms. The van der Waals surface area contributed by atoms with Gasteiger partial charge in [0.25, 0.3) is 0 Å². The first-order chi connectivity index (χ1) is 16.3. The zero-order valence-electron chi connectivity index (χ0n) is 21.9. The summed E-state index contributed by atoms with van der Waals surface area (Å²) in [5.41, 5.74) is 10.8. The lowest BCUT2D eigenvalue weighted by Gasteiger charge is -2.15. The van der Waals surface area contributed by atoms with Gasteiger partial charge in [0.2, 0.25) is 0 Å². The SMILES string of the molecule is CCCCCCCCCCCCC/C=C/C(O)C(N)COCCCCC.NCCOP(=O)(O)O. The first-order valence-corrected chi connectivity index (χ1v) is 14.9. The average Bonchev–Trinajstić information content (AvgIpc) is 2.80. The molecule has 0 bridgehead atoms. The van der Waals surface area contributed by atoms with Crippen LogP contribution < -0.4 is 11.5 Å². The van der Waals surface area contributed by atoms with E-state index in [2.05, 4.69) is 24.4 Å². The maximum absolute atomic E-state index is 10.0. The van der Waals surface area contributed by atoms with Crippen molar-refractivity contribution in [2.75, 3.05) is 26.4 Å². The van der Waals surface area contributed by atoms with E-state index >= 15 is 0 Å². The number of aliphatic hydroxyl groups excluding tert-OH is 1. The van der Waals surface area contributed by atoms with Crippen molar-refractivity contribution >= 4 is 7.82 Å². The number of rotatable bonds is 23. The molecule has 0 amide bonds. The predicted octanol–water partition coefficient (Wildman–Crippen LogP) is 5.19. The molecular formula is C25H55N2O6P. The van der Waals surface area contributed by atoms with Crippen LogP contribution in [0.15, 0.2) is 12.2 Å². The number of phosphoric ester groups is 1. The highest BCUT2D eigenvalue weighted by Gasteiger charge is 2.12. The van der Waals surface area contributed by atoms with Crippen molar-refractivity contribution in [1.29, 1.82) is 0 Å². The van der Waals surface area contributed by atoms with Crippen LogP contribution in [0, 0.1) is 0 Å². The van der Waals surface area contributed by atoms with E-state index in [1.54, 1.807) is 0 Å². The Labute approximate surface area is 209 Å². The summed E-state index contributed by atoms with van der Waals surface area (Å²) >= 11 is 0. The molecule has 0 aromatic carbocycles. The fourth-order valence-electron chi connectivity index (χ4n) is 3.25. The Balaban J connectivity index is 0. The molecule has 0 aliphatic rings. The largest absolute Gasteiger partial charge is 0.469 e. The van der Waals surface area contributed by atoms with Crippen LogP contribution in [-0.2, 0) is 13.8 Å². The van der Waals surface area contributed by atoms with E-state index in [9.17, 15) is 9.67 Å². The third-order valence-corrected chi connectivity index (χ3v) is 5.85. The molecule has 0 fully saturated rings. The van der Waals surface area contributed by atoms with Crippen LogP contribution >= 0.6 is 7.82 Å². The Bertz CT molecular complexity index is 476. The van der Waals surface area contributed by atoms with Gasteiger partial charge >= 0.3 is 7.82 Å². The molecule has 0 radical (unpaired) electrons. The Kier molecular flexibility index (Phi) is 28.8. The molecule has 2 unspecified atom stereocenters. The highest BCUT2D eigenvalue weighted by molar-refractivity contribution is 7.46. The summed E-state index contributed by atoms with van der Waals surface area (Å²) in [6, 6.07) is -0.315. The lowest BCUT2D eigenvalue weighted by molar-refractivity contribution is 0.0785. The smallest absolute Gasteiger partial charge is 0.387 e. The summed E-state index contributed by atoms with van der Waals surface area (Å²) in [4.78, 5) is 16.0. The van der Waals surface area contributed by atoms with Gasteiger partial charge in [0.1, 0.15) is 0 Å². The third-order valence-electron chi connectivity index (χ3n) is 5.33. The van der Waals surface area contributed by atoms with Gasteiger partial charge in [-0.1, -0.05) is 103 Å². The molecule has 8 nitrogen and oxygen atoms in total. The minimum absolute atomic E-state index is 0.107. The minimum Gasteiger partial charge on any atom is -0.387 e. The number of unbranched alkanes of at least 4 members (excludes halogenated alkanes) is 13. The second-order valence-corrected chi connectivity index (χ2v) is 10.0. The van der Waals surface area contributed by atoms with E-state index in [0.29, 0.717) is 6.61 Å². The number of ether oxygens (including phenoxy) is 1. The lowest BCUT2D eigenvalue weighted by Crippen LogP contribution is -2.37. The molecule has 34 heavy (non-hydrogen) atoms. The highest BCUT2D eigenvalue weighted by Crippen LogP contribution is 2.34. The van der Waals surface area contributed by atoms with Gasteiger partial charge < -0.3 is 31.1 Å². The number of aliphatic hydroxyl groups is 1. The standard InChI is InChI=1S/C23H47NO2.C2H8NO4P/c1-3-5-7-8-9-10-11-12-13-14-15-16-17-19-23(25)22(24)21-26-20-18-6-4-2;3-1-2-7-8(4,5)6/h17,19,22-23,25H,3-16,18,20-21,24H2,1-2H3;1-3H2,(H2,4,5,6)/b19-17+;. The van der Waals surface area contributed by atoms with Crippen molar-refractivity contribution in [3.05, 3.63) is 12.2 Å². The van der Waals surface area contributed by atoms with Gasteiger partial charge in [-0.05, 0) is 19.3 Å². The predicted molar refractivity (Wildman–Crippen MR) is 142 cm³/mol. The molecule has 0 aliphatic heterocycles. The van der Waals surface area contributed by atoms with E-state index in [-0.39, 0.29) is 19.2 Å². The van der Waals surface area contributed by atoms with Crippen molar-refractivity contribution in [2.45, 2.75) is 122 Å². The maximum Gasteiger partial charge on any atom is 0.469 e. The van der Waals surface area contributed by atoms with Gasteiger partial charge in [-0.2, -0.15) is 0 Å². The van der Waals surface area contributed by atoms with Crippen molar-refractivity contribution in [2.24, 2.45) is 11.5 Å². The molecule has 0 heterocycles. The molecule has 206 valence electrons. The monoisotopic (exact) mass is 510 g/mol. The molecule has 7 N–H and O–H groups in total. The van der Waals surface area contributed by atoms with Crippen LogP contribution in [0.25, 0.3) is 0 Å². The summed E-state index contributed by atoms with van der Waals surface area (Å²) in [7, 11) is -4.26. The Hall–Kier alpha value is -0.310. The van der Waals surface area contributed by atoms with E-state index in [4.69, 9.17) is 26.0 Å². The summed E-state index contributed by atoms with van der Waals surface area (Å²) in [6.07, 6.45) is 22.9. The zero-order chi connectivity index (χ0) is 25.9. The average molecular weight is 511 g/mol. The van der Waals surface area contributed by atoms with Gasteiger partial charge in [0, 0.05) is 13.2 Å². The summed E-state index contributed by atoms with van der Waals surface area (Å²) in [6.45, 7) is 5.64. The first-order valence-electron chi connectivity index (χ1n) is 13.4. The molecule has 0 spiro atoms. The van der Waals surface area contributed by atoms with Gasteiger partial charge in [0.05, 0.1) is 25.4 Å². The molecule has 0 rings (SSSR count). The topological polar surface area (TPSA) is 148 Å². The minimum atomic E-state index is -4.26. The van der Waals surface area contributed by atoms with Crippen LogP contribution in [0.3, 0.4) is 0 Å². The first kappa shape index (κ1) is 35.8. The number of allylic oxidation sites excluding steroid dienone is 1. The second kappa shape index (κ2) is 27.3. The second-order valence-electron chi connectivity index (χ2n) is 8.80. The Morgan fingerprint density at radius 2 is 1.32 bits per heavy atom. The van der Waals surface area contributed by atoms with Crippen LogP contribution in [0.4, 0.5) is 0 Å². The number of hydrogen-bond acceptors (Lipinski definition) is 6. The maximum atomic E-state index is 10.0. The normalized spacial score (nSPS) is 13.6. The third kappa shape index (κ3) is 31.7. The number of hydrogen-bond donors (Lipinski definition) is 5. The van der Waals surface area contributed by atoms with Gasteiger partial charge in [-0.3, -0.25) is 4.52 Å². The van der Waals surface area contributed by atoms with Gasteiger partial charge in [-0.15, -0.1) is 0 Å². The quantitative estimate of drug-likeness (QED) is 0.0716. The molecule has 0 aromatic heterocycles. The summed E-state index contributed by atoms with van der Waals surface area (Å²) in [5.74, 6) is 0. The fraction of sp³-hybridized carbons (Fsp3) is 0.920. The van der Waals surface area contributed by atoms with Crippen molar-refractivity contribution in [3.63, 3.8) is 0 Å². The molecule has 0 saturated heterocycles. The molecule has 0 aliphatic carbocycles. The van der Waals surface area contributed by atoms with E-state index in [1.165, 1.54) is 83.5 Å². The van der Waals surface area contributed by atoms with Crippen molar-refractivity contribution < 1.29 is 28.7 Å². The molecular weight excluding hydrogens is 455 g/mol. The summed E-state index contributed by atoms with van der Waals surface area (Å²) < 4.78 is 19.2. The van der Waals surface area contributed by atoms with Crippen LogP contribution in [0.1, 0.15) is 110 Å². The van der Waals surface area contributed by atoms with Crippen LogP contribution in [-0.4, -0.2) is 53.4 Å². The van der Waals surface area contributed by atoms with Crippen LogP contribution in [0.2, 0.25) is 0 Å². The van der Waals surface area contributed by atoms with Crippen LogP contribution in [0.5, 0.6) is 0 Å². The van der Waals surface area contributed by atoms with E-state index < -0.39 is 13.9 Å². The Morgan fingerprint density at radius 1 is 0.824 bits per heavy atom. The van der Waals surface area contributed by atoms with E-state index in [0.717, 1.165) is 19.4 Å². The molecule has 2 atom stereocenters. The summed E-state index contributed by atoms with van der Waals surface area (Å²) in [5, 5.41) is 10.0. The van der Waals surface area contributed by atoms with E-state index in [1.807, 2.05) is 6.08 Å². The number of phosphoric acid groups is 1.